The van der Waals surface area contributed by atoms with Gasteiger partial charge in [-0.25, -0.2) is 0 Å². The van der Waals surface area contributed by atoms with Gasteiger partial charge in [0.15, 0.2) is 0 Å². The van der Waals surface area contributed by atoms with Crippen molar-refractivity contribution in [3.8, 4) is 0 Å². The van der Waals surface area contributed by atoms with E-state index in [0.29, 0.717) is 5.92 Å². The van der Waals surface area contributed by atoms with Crippen LogP contribution < -0.4 is 0 Å². The van der Waals surface area contributed by atoms with E-state index in [1.54, 1.807) is 0 Å². The molecular formula is C12H24N2. The van der Waals surface area contributed by atoms with Gasteiger partial charge in [0, 0.05) is 19.5 Å². The molecule has 1 saturated carbocycles. The standard InChI is InChI=1S/C12H24N2/c1-10(2)8-9-14(3)12(13)11-6-4-5-7-11/h10-11,13H,4-9H2,1-3H3. The van der Waals surface area contributed by atoms with Crippen molar-refractivity contribution in [3.63, 3.8) is 0 Å². The van der Waals surface area contributed by atoms with Gasteiger partial charge in [-0.05, 0) is 25.2 Å². The molecule has 2 nitrogen and oxygen atoms in total. The Hall–Kier alpha value is -0.530. The molecule has 0 saturated heterocycles. The Labute approximate surface area is 88.2 Å². The Morgan fingerprint density at radius 3 is 2.43 bits per heavy atom. The number of rotatable bonds is 4. The van der Waals surface area contributed by atoms with Gasteiger partial charge in [0.2, 0.25) is 0 Å². The van der Waals surface area contributed by atoms with Crippen LogP contribution in [-0.4, -0.2) is 24.3 Å². The van der Waals surface area contributed by atoms with E-state index in [1.807, 2.05) is 0 Å². The predicted molar refractivity (Wildman–Crippen MR) is 61.8 cm³/mol. The van der Waals surface area contributed by atoms with Gasteiger partial charge in [0.1, 0.15) is 0 Å². The molecule has 0 bridgehead atoms. The van der Waals surface area contributed by atoms with Gasteiger partial charge in [-0.2, -0.15) is 0 Å². The van der Waals surface area contributed by atoms with E-state index in [-0.39, 0.29) is 0 Å². The summed E-state index contributed by atoms with van der Waals surface area (Å²) >= 11 is 0. The molecule has 1 N–H and O–H groups in total. The Balaban J connectivity index is 2.28. The van der Waals surface area contributed by atoms with Crippen LogP contribution in [0.2, 0.25) is 0 Å². The van der Waals surface area contributed by atoms with Crippen LogP contribution in [0.25, 0.3) is 0 Å². The molecule has 0 aromatic carbocycles. The largest absolute Gasteiger partial charge is 0.363 e. The summed E-state index contributed by atoms with van der Waals surface area (Å²) in [5.41, 5.74) is 0. The first kappa shape index (κ1) is 11.5. The summed E-state index contributed by atoms with van der Waals surface area (Å²) in [4.78, 5) is 2.15. The third-order valence-electron chi connectivity index (χ3n) is 3.19. The molecule has 0 spiro atoms. The van der Waals surface area contributed by atoms with E-state index >= 15 is 0 Å². The fourth-order valence-corrected chi connectivity index (χ4v) is 2.08. The minimum atomic E-state index is 0.562. The molecule has 82 valence electrons. The van der Waals surface area contributed by atoms with Crippen molar-refractivity contribution < 1.29 is 0 Å². The van der Waals surface area contributed by atoms with Crippen LogP contribution in [0.4, 0.5) is 0 Å². The van der Waals surface area contributed by atoms with Gasteiger partial charge in [-0.3, -0.25) is 5.41 Å². The van der Waals surface area contributed by atoms with E-state index in [2.05, 4.69) is 25.8 Å². The maximum atomic E-state index is 8.06. The quantitative estimate of drug-likeness (QED) is 0.543. The predicted octanol–water partition coefficient (Wildman–Crippen LogP) is 3.13. The fraction of sp³-hybridized carbons (Fsp3) is 0.917. The van der Waals surface area contributed by atoms with Crippen molar-refractivity contribution in [1.82, 2.24) is 4.90 Å². The lowest BCUT2D eigenvalue weighted by atomic mass is 10.1. The lowest BCUT2D eigenvalue weighted by Crippen LogP contribution is -2.32. The molecule has 0 unspecified atom stereocenters. The molecule has 0 aliphatic heterocycles. The van der Waals surface area contributed by atoms with E-state index in [9.17, 15) is 0 Å². The van der Waals surface area contributed by atoms with Crippen LogP contribution in [-0.2, 0) is 0 Å². The average molecular weight is 196 g/mol. The van der Waals surface area contributed by atoms with Crippen molar-refractivity contribution in [2.24, 2.45) is 11.8 Å². The van der Waals surface area contributed by atoms with E-state index in [1.165, 1.54) is 32.1 Å². The highest BCUT2D eigenvalue weighted by Gasteiger charge is 2.21. The maximum Gasteiger partial charge on any atom is 0.0986 e. The van der Waals surface area contributed by atoms with E-state index < -0.39 is 0 Å². The van der Waals surface area contributed by atoms with Gasteiger partial charge in [0.05, 0.1) is 5.84 Å². The average Bonchev–Trinajstić information content (AvgIpc) is 2.65. The molecule has 1 aliphatic carbocycles. The van der Waals surface area contributed by atoms with Crippen molar-refractivity contribution in [1.29, 1.82) is 5.41 Å². The summed E-state index contributed by atoms with van der Waals surface area (Å²) in [5, 5.41) is 8.06. The minimum Gasteiger partial charge on any atom is -0.363 e. The Morgan fingerprint density at radius 2 is 1.93 bits per heavy atom. The summed E-state index contributed by atoms with van der Waals surface area (Å²) in [6.07, 6.45) is 6.33. The number of amidine groups is 1. The molecule has 0 radical (unpaired) electrons. The van der Waals surface area contributed by atoms with Crippen LogP contribution in [0.1, 0.15) is 46.0 Å². The second-order valence-electron chi connectivity index (χ2n) is 4.97. The fourth-order valence-electron chi connectivity index (χ4n) is 2.08. The van der Waals surface area contributed by atoms with Crippen LogP contribution in [0, 0.1) is 17.2 Å². The van der Waals surface area contributed by atoms with Crippen molar-refractivity contribution in [2.45, 2.75) is 46.0 Å². The lowest BCUT2D eigenvalue weighted by Gasteiger charge is -2.24. The van der Waals surface area contributed by atoms with Gasteiger partial charge >= 0.3 is 0 Å². The molecule has 14 heavy (non-hydrogen) atoms. The zero-order valence-electron chi connectivity index (χ0n) is 9.84. The third-order valence-corrected chi connectivity index (χ3v) is 3.19. The topological polar surface area (TPSA) is 27.1 Å². The van der Waals surface area contributed by atoms with Gasteiger partial charge < -0.3 is 4.90 Å². The monoisotopic (exact) mass is 196 g/mol. The summed E-state index contributed by atoms with van der Waals surface area (Å²) in [6.45, 7) is 5.53. The molecule has 0 aromatic heterocycles. The summed E-state index contributed by atoms with van der Waals surface area (Å²) < 4.78 is 0. The highest BCUT2D eigenvalue weighted by molar-refractivity contribution is 5.81. The minimum absolute atomic E-state index is 0.562. The Bertz CT molecular complexity index is 181. The lowest BCUT2D eigenvalue weighted by molar-refractivity contribution is 0.412. The third kappa shape index (κ3) is 3.32. The highest BCUT2D eigenvalue weighted by Crippen LogP contribution is 2.26. The Morgan fingerprint density at radius 1 is 1.36 bits per heavy atom. The van der Waals surface area contributed by atoms with Crippen LogP contribution in [0.15, 0.2) is 0 Å². The zero-order chi connectivity index (χ0) is 10.6. The van der Waals surface area contributed by atoms with E-state index in [0.717, 1.165) is 18.3 Å². The number of nitrogens with one attached hydrogen (secondary N) is 1. The number of hydrogen-bond acceptors (Lipinski definition) is 1. The maximum absolute atomic E-state index is 8.06. The summed E-state index contributed by atoms with van der Waals surface area (Å²) in [7, 11) is 2.07. The normalized spacial score (nSPS) is 17.7. The SMILES string of the molecule is CC(C)CCN(C)C(=N)C1CCCC1. The van der Waals surface area contributed by atoms with Crippen LogP contribution >= 0.6 is 0 Å². The zero-order valence-corrected chi connectivity index (χ0v) is 9.84. The second kappa shape index (κ2) is 5.38. The van der Waals surface area contributed by atoms with Gasteiger partial charge in [-0.1, -0.05) is 26.7 Å². The molecule has 1 aliphatic rings. The first-order valence-corrected chi connectivity index (χ1v) is 5.91. The number of nitrogens with zero attached hydrogens (tertiary/aromatic N) is 1. The van der Waals surface area contributed by atoms with Crippen molar-refractivity contribution in [3.05, 3.63) is 0 Å². The molecule has 0 aromatic rings. The van der Waals surface area contributed by atoms with Crippen molar-refractivity contribution in [2.75, 3.05) is 13.6 Å². The molecule has 1 fully saturated rings. The smallest absolute Gasteiger partial charge is 0.0986 e. The van der Waals surface area contributed by atoms with Crippen LogP contribution in [0.5, 0.6) is 0 Å². The van der Waals surface area contributed by atoms with Crippen LogP contribution in [0.3, 0.4) is 0 Å². The van der Waals surface area contributed by atoms with Crippen molar-refractivity contribution >= 4 is 5.84 Å². The van der Waals surface area contributed by atoms with E-state index in [4.69, 9.17) is 5.41 Å². The molecule has 0 heterocycles. The second-order valence-corrected chi connectivity index (χ2v) is 4.97. The van der Waals surface area contributed by atoms with Gasteiger partial charge in [-0.15, -0.1) is 0 Å². The summed E-state index contributed by atoms with van der Waals surface area (Å²) in [6, 6.07) is 0. The molecule has 2 heteroatoms. The molecule has 1 rings (SSSR count). The molecule has 0 amide bonds. The molecular weight excluding hydrogens is 172 g/mol. The number of hydrogen-bond donors (Lipinski definition) is 1. The van der Waals surface area contributed by atoms with Gasteiger partial charge in [0.25, 0.3) is 0 Å². The molecule has 0 atom stereocenters. The highest BCUT2D eigenvalue weighted by atomic mass is 15.1. The first-order chi connectivity index (χ1) is 6.61. The first-order valence-electron chi connectivity index (χ1n) is 5.91. The summed E-state index contributed by atoms with van der Waals surface area (Å²) in [5.74, 6) is 2.18. The Kier molecular flexibility index (Phi) is 4.43.